The first-order chi connectivity index (χ1) is 10.0. The van der Waals surface area contributed by atoms with Gasteiger partial charge in [-0.05, 0) is 18.2 Å². The number of ether oxygens (including phenoxy) is 1. The zero-order chi connectivity index (χ0) is 15.2. The first-order valence-corrected chi connectivity index (χ1v) is 6.93. The molecule has 0 saturated heterocycles. The van der Waals surface area contributed by atoms with Gasteiger partial charge in [0.05, 0.1) is 5.02 Å². The summed E-state index contributed by atoms with van der Waals surface area (Å²) in [4.78, 5) is 11.6. The Morgan fingerprint density at radius 3 is 2.86 bits per heavy atom. The molecule has 8 heteroatoms. The fraction of sp³-hybridized carbons (Fsp3) is 0.308. The van der Waals surface area contributed by atoms with Crippen LogP contribution in [0.5, 0.6) is 5.75 Å². The van der Waals surface area contributed by atoms with Gasteiger partial charge < -0.3 is 14.5 Å². The third-order valence-corrected chi connectivity index (χ3v) is 3.01. The number of hydrogen-bond acceptors (Lipinski definition) is 5. The second-order valence-corrected chi connectivity index (χ2v) is 5.02. The molecular formula is C13H13Cl2N3O3. The molecule has 0 fully saturated rings. The highest BCUT2D eigenvalue weighted by Gasteiger charge is 2.07. The van der Waals surface area contributed by atoms with Crippen molar-refractivity contribution in [3.8, 4) is 5.75 Å². The lowest BCUT2D eigenvalue weighted by Gasteiger charge is -2.08. The van der Waals surface area contributed by atoms with Crippen LogP contribution >= 0.6 is 23.2 Å². The standard InChI is InChI=1S/C13H13Cl2N3O3/c1-8-17-18-13(21-8)4-5-16-12(19)7-20-11-3-2-9(14)6-10(11)15/h2-3,6H,4-5,7H2,1H3,(H,16,19). The number of aryl methyl sites for hydroxylation is 1. The second kappa shape index (κ2) is 7.28. The van der Waals surface area contributed by atoms with Crippen molar-refractivity contribution in [3.63, 3.8) is 0 Å². The minimum absolute atomic E-state index is 0.135. The number of halogens is 2. The van der Waals surface area contributed by atoms with Gasteiger partial charge in [0.1, 0.15) is 5.75 Å². The van der Waals surface area contributed by atoms with Gasteiger partial charge in [-0.15, -0.1) is 10.2 Å². The zero-order valence-electron chi connectivity index (χ0n) is 11.2. The molecule has 0 unspecified atom stereocenters. The molecule has 0 atom stereocenters. The normalized spacial score (nSPS) is 10.4. The minimum Gasteiger partial charge on any atom is -0.482 e. The Morgan fingerprint density at radius 2 is 2.19 bits per heavy atom. The van der Waals surface area contributed by atoms with E-state index in [0.29, 0.717) is 40.5 Å². The molecule has 0 aliphatic rings. The Kier molecular flexibility index (Phi) is 5.41. The number of hydrogen-bond donors (Lipinski definition) is 1. The van der Waals surface area contributed by atoms with Gasteiger partial charge in [0.25, 0.3) is 5.91 Å². The molecule has 1 heterocycles. The summed E-state index contributed by atoms with van der Waals surface area (Å²) in [6.45, 7) is 1.96. The van der Waals surface area contributed by atoms with Gasteiger partial charge in [-0.2, -0.15) is 0 Å². The maximum atomic E-state index is 11.6. The molecule has 0 bridgehead atoms. The highest BCUT2D eigenvalue weighted by Crippen LogP contribution is 2.27. The van der Waals surface area contributed by atoms with Crippen LogP contribution in [-0.4, -0.2) is 29.3 Å². The van der Waals surface area contributed by atoms with Gasteiger partial charge in [0.15, 0.2) is 6.61 Å². The molecule has 1 aromatic carbocycles. The van der Waals surface area contributed by atoms with E-state index in [1.807, 2.05) is 0 Å². The molecule has 0 aliphatic carbocycles. The summed E-state index contributed by atoms with van der Waals surface area (Å²) in [6.07, 6.45) is 0.467. The fourth-order valence-corrected chi connectivity index (χ4v) is 2.00. The first kappa shape index (κ1) is 15.6. The van der Waals surface area contributed by atoms with Crippen molar-refractivity contribution in [3.05, 3.63) is 40.0 Å². The predicted molar refractivity (Wildman–Crippen MR) is 77.7 cm³/mol. The summed E-state index contributed by atoms with van der Waals surface area (Å²) in [5, 5.41) is 11.1. The largest absolute Gasteiger partial charge is 0.482 e. The molecule has 2 aromatic rings. The molecule has 0 saturated carbocycles. The molecule has 21 heavy (non-hydrogen) atoms. The number of carbonyl (C=O) groups is 1. The van der Waals surface area contributed by atoms with Gasteiger partial charge in [0, 0.05) is 24.9 Å². The first-order valence-electron chi connectivity index (χ1n) is 6.18. The van der Waals surface area contributed by atoms with Crippen LogP contribution in [0, 0.1) is 6.92 Å². The Morgan fingerprint density at radius 1 is 1.38 bits per heavy atom. The van der Waals surface area contributed by atoms with Crippen LogP contribution in [0.25, 0.3) is 0 Å². The average Bonchev–Trinajstić information content (AvgIpc) is 2.83. The second-order valence-electron chi connectivity index (χ2n) is 4.18. The van der Waals surface area contributed by atoms with Crippen LogP contribution in [-0.2, 0) is 11.2 Å². The van der Waals surface area contributed by atoms with E-state index < -0.39 is 0 Å². The van der Waals surface area contributed by atoms with E-state index in [1.165, 1.54) is 0 Å². The molecule has 1 N–H and O–H groups in total. The van der Waals surface area contributed by atoms with Gasteiger partial charge in [-0.3, -0.25) is 4.79 Å². The summed E-state index contributed by atoms with van der Waals surface area (Å²) >= 11 is 11.7. The van der Waals surface area contributed by atoms with Crippen molar-refractivity contribution in [2.45, 2.75) is 13.3 Å². The van der Waals surface area contributed by atoms with E-state index >= 15 is 0 Å². The molecule has 1 aromatic heterocycles. The van der Waals surface area contributed by atoms with Crippen LogP contribution in [0.3, 0.4) is 0 Å². The van der Waals surface area contributed by atoms with Crippen LogP contribution < -0.4 is 10.1 Å². The molecule has 112 valence electrons. The van der Waals surface area contributed by atoms with Crippen molar-refractivity contribution in [1.29, 1.82) is 0 Å². The number of nitrogens with zero attached hydrogens (tertiary/aromatic N) is 2. The number of benzene rings is 1. The minimum atomic E-state index is -0.266. The molecule has 6 nitrogen and oxygen atoms in total. The third kappa shape index (κ3) is 4.91. The van der Waals surface area contributed by atoms with Crippen molar-refractivity contribution < 1.29 is 13.9 Å². The van der Waals surface area contributed by atoms with E-state index in [4.69, 9.17) is 32.4 Å². The molecule has 0 radical (unpaired) electrons. The quantitative estimate of drug-likeness (QED) is 0.880. The Balaban J connectivity index is 1.72. The van der Waals surface area contributed by atoms with Crippen LogP contribution in [0.4, 0.5) is 0 Å². The van der Waals surface area contributed by atoms with Crippen molar-refractivity contribution in [1.82, 2.24) is 15.5 Å². The Labute approximate surface area is 131 Å². The van der Waals surface area contributed by atoms with Crippen LogP contribution in [0.1, 0.15) is 11.8 Å². The topological polar surface area (TPSA) is 77.2 Å². The predicted octanol–water partition coefficient (Wildman–Crippen LogP) is 2.42. The van der Waals surface area contributed by atoms with Gasteiger partial charge >= 0.3 is 0 Å². The van der Waals surface area contributed by atoms with E-state index in [1.54, 1.807) is 25.1 Å². The Bertz CT molecular complexity index is 631. The third-order valence-electron chi connectivity index (χ3n) is 2.48. The summed E-state index contributed by atoms with van der Waals surface area (Å²) < 4.78 is 10.5. The van der Waals surface area contributed by atoms with Gasteiger partial charge in [-0.25, -0.2) is 0 Å². The summed E-state index contributed by atoms with van der Waals surface area (Å²) in [7, 11) is 0. The number of aromatic nitrogens is 2. The molecule has 1 amide bonds. The maximum absolute atomic E-state index is 11.6. The maximum Gasteiger partial charge on any atom is 0.257 e. The van der Waals surface area contributed by atoms with Crippen molar-refractivity contribution in [2.24, 2.45) is 0 Å². The molecule has 2 rings (SSSR count). The number of rotatable bonds is 6. The highest BCUT2D eigenvalue weighted by molar-refractivity contribution is 6.35. The van der Waals surface area contributed by atoms with Gasteiger partial charge in [0.2, 0.25) is 11.8 Å². The highest BCUT2D eigenvalue weighted by atomic mass is 35.5. The van der Waals surface area contributed by atoms with Crippen LogP contribution in [0.2, 0.25) is 10.0 Å². The number of amides is 1. The van der Waals surface area contributed by atoms with E-state index in [9.17, 15) is 4.79 Å². The summed E-state index contributed by atoms with van der Waals surface area (Å²) in [5.41, 5.74) is 0. The summed E-state index contributed by atoms with van der Waals surface area (Å²) in [6, 6.07) is 4.80. The Hall–Kier alpha value is -1.79. The summed E-state index contributed by atoms with van der Waals surface area (Å²) in [5.74, 6) is 1.12. The lowest BCUT2D eigenvalue weighted by molar-refractivity contribution is -0.123. The molecular weight excluding hydrogens is 317 g/mol. The zero-order valence-corrected chi connectivity index (χ0v) is 12.7. The fourth-order valence-electron chi connectivity index (χ4n) is 1.53. The molecule has 0 spiro atoms. The monoisotopic (exact) mass is 329 g/mol. The van der Waals surface area contributed by atoms with Crippen molar-refractivity contribution >= 4 is 29.1 Å². The van der Waals surface area contributed by atoms with Crippen molar-refractivity contribution in [2.75, 3.05) is 13.2 Å². The number of nitrogens with one attached hydrogen (secondary N) is 1. The smallest absolute Gasteiger partial charge is 0.257 e. The lowest BCUT2D eigenvalue weighted by Crippen LogP contribution is -2.30. The van der Waals surface area contributed by atoms with E-state index in [2.05, 4.69) is 15.5 Å². The van der Waals surface area contributed by atoms with Gasteiger partial charge in [-0.1, -0.05) is 23.2 Å². The SMILES string of the molecule is Cc1nnc(CCNC(=O)COc2ccc(Cl)cc2Cl)o1. The average molecular weight is 330 g/mol. The van der Waals surface area contributed by atoms with Crippen LogP contribution in [0.15, 0.2) is 22.6 Å². The molecule has 0 aliphatic heterocycles. The van der Waals surface area contributed by atoms with E-state index in [0.717, 1.165) is 0 Å². The van der Waals surface area contributed by atoms with E-state index in [-0.39, 0.29) is 12.5 Å². The lowest BCUT2D eigenvalue weighted by atomic mass is 10.3. The number of carbonyl (C=O) groups excluding carboxylic acids is 1.